The topological polar surface area (TPSA) is 115 Å². The number of aromatic nitrogens is 3. The van der Waals surface area contributed by atoms with E-state index < -0.39 is 0 Å². The SMILES string of the molecule is COc1ccc(N(CC2CCCCCC2)c2nc(N)nc(NC3CCCC(N)C3)n2)cc1Cl. The first-order chi connectivity index (χ1) is 16.0. The van der Waals surface area contributed by atoms with E-state index in [1.54, 1.807) is 7.11 Å². The standard InChI is InChI=1S/C24H36ClN7O/c1-33-21-12-11-19(14-20(21)25)32(15-16-7-4-2-3-5-8-16)24-30-22(27)29-23(31-24)28-18-10-6-9-17(26)13-18/h11-12,14,16-18H,2-10,13,15,26H2,1H3,(H3,27,28,29,30,31). The molecule has 1 heterocycles. The molecule has 8 nitrogen and oxygen atoms in total. The van der Waals surface area contributed by atoms with Gasteiger partial charge in [-0.25, -0.2) is 0 Å². The number of halogens is 1. The first-order valence-corrected chi connectivity index (χ1v) is 12.5. The third-order valence-corrected chi connectivity index (χ3v) is 7.09. The number of methoxy groups -OCH3 is 1. The molecule has 0 amide bonds. The number of rotatable bonds is 7. The molecule has 9 heteroatoms. The Morgan fingerprint density at radius 3 is 2.55 bits per heavy atom. The summed E-state index contributed by atoms with van der Waals surface area (Å²) in [6.45, 7) is 0.805. The Balaban J connectivity index is 1.63. The van der Waals surface area contributed by atoms with Crippen molar-refractivity contribution in [1.82, 2.24) is 15.0 Å². The number of nitrogens with zero attached hydrogens (tertiary/aromatic N) is 4. The van der Waals surface area contributed by atoms with Gasteiger partial charge in [-0.1, -0.05) is 37.3 Å². The van der Waals surface area contributed by atoms with Crippen molar-refractivity contribution < 1.29 is 4.74 Å². The molecule has 2 fully saturated rings. The highest BCUT2D eigenvalue weighted by Crippen LogP contribution is 2.34. The van der Waals surface area contributed by atoms with Crippen molar-refractivity contribution in [2.45, 2.75) is 76.3 Å². The number of ether oxygens (including phenoxy) is 1. The van der Waals surface area contributed by atoms with E-state index in [1.165, 1.54) is 38.5 Å². The predicted molar refractivity (Wildman–Crippen MR) is 134 cm³/mol. The molecule has 2 unspecified atom stereocenters. The summed E-state index contributed by atoms with van der Waals surface area (Å²) in [5, 5.41) is 4.00. The van der Waals surface area contributed by atoms with Crippen LogP contribution in [0.25, 0.3) is 0 Å². The van der Waals surface area contributed by atoms with Gasteiger partial charge in [-0.15, -0.1) is 0 Å². The van der Waals surface area contributed by atoms with Crippen molar-refractivity contribution in [3.63, 3.8) is 0 Å². The molecule has 0 saturated heterocycles. The Bertz CT molecular complexity index is 920. The quantitative estimate of drug-likeness (QED) is 0.486. The zero-order valence-corrected chi connectivity index (χ0v) is 20.2. The van der Waals surface area contributed by atoms with Gasteiger partial charge >= 0.3 is 0 Å². The fourth-order valence-corrected chi connectivity index (χ4v) is 5.29. The van der Waals surface area contributed by atoms with Crippen molar-refractivity contribution in [3.05, 3.63) is 23.2 Å². The molecule has 4 rings (SSSR count). The average molecular weight is 474 g/mol. The highest BCUT2D eigenvalue weighted by Gasteiger charge is 2.24. The molecule has 33 heavy (non-hydrogen) atoms. The zero-order chi connectivity index (χ0) is 23.2. The second-order valence-corrected chi connectivity index (χ2v) is 9.78. The summed E-state index contributed by atoms with van der Waals surface area (Å²) in [7, 11) is 1.62. The monoisotopic (exact) mass is 473 g/mol. The lowest BCUT2D eigenvalue weighted by molar-refractivity contribution is 0.408. The van der Waals surface area contributed by atoms with Crippen LogP contribution in [0.15, 0.2) is 18.2 Å². The van der Waals surface area contributed by atoms with E-state index in [9.17, 15) is 0 Å². The number of hydrogen-bond donors (Lipinski definition) is 3. The summed E-state index contributed by atoms with van der Waals surface area (Å²) in [4.78, 5) is 15.8. The van der Waals surface area contributed by atoms with Gasteiger partial charge in [-0.05, 0) is 62.6 Å². The second kappa shape index (κ2) is 11.2. The van der Waals surface area contributed by atoms with Crippen LogP contribution in [-0.2, 0) is 0 Å². The van der Waals surface area contributed by atoms with Crippen LogP contribution in [0.3, 0.4) is 0 Å². The van der Waals surface area contributed by atoms with Crippen LogP contribution in [-0.4, -0.2) is 40.7 Å². The molecule has 2 aliphatic rings. The van der Waals surface area contributed by atoms with Crippen LogP contribution in [0.1, 0.15) is 64.2 Å². The minimum atomic E-state index is 0.202. The van der Waals surface area contributed by atoms with Gasteiger partial charge in [0.05, 0.1) is 12.1 Å². The minimum Gasteiger partial charge on any atom is -0.495 e. The number of anilines is 4. The number of hydrogen-bond acceptors (Lipinski definition) is 8. The number of nitrogens with two attached hydrogens (primary N) is 2. The van der Waals surface area contributed by atoms with Crippen molar-refractivity contribution in [1.29, 1.82) is 0 Å². The normalized spacial score (nSPS) is 21.9. The van der Waals surface area contributed by atoms with Gasteiger partial charge in [-0.2, -0.15) is 15.0 Å². The maximum atomic E-state index is 6.48. The fourth-order valence-electron chi connectivity index (χ4n) is 5.04. The Labute approximate surface area is 201 Å². The summed E-state index contributed by atoms with van der Waals surface area (Å²) < 4.78 is 5.35. The lowest BCUT2D eigenvalue weighted by Gasteiger charge is -2.29. The van der Waals surface area contributed by atoms with Gasteiger partial charge in [0.15, 0.2) is 0 Å². The van der Waals surface area contributed by atoms with E-state index in [0.717, 1.165) is 37.9 Å². The predicted octanol–water partition coefficient (Wildman–Crippen LogP) is 4.91. The van der Waals surface area contributed by atoms with Crippen molar-refractivity contribution in [2.75, 3.05) is 29.6 Å². The molecule has 0 radical (unpaired) electrons. The number of nitrogen functional groups attached to an aromatic ring is 1. The molecule has 5 N–H and O–H groups in total. The Morgan fingerprint density at radius 1 is 1.06 bits per heavy atom. The third-order valence-electron chi connectivity index (χ3n) is 6.79. The summed E-state index contributed by atoms with van der Waals surface area (Å²) in [6, 6.07) is 6.24. The van der Waals surface area contributed by atoms with E-state index >= 15 is 0 Å². The van der Waals surface area contributed by atoms with Crippen molar-refractivity contribution >= 4 is 35.1 Å². The summed E-state index contributed by atoms with van der Waals surface area (Å²) >= 11 is 6.48. The maximum absolute atomic E-state index is 6.48. The molecule has 1 aromatic carbocycles. The van der Waals surface area contributed by atoms with E-state index in [1.807, 2.05) is 18.2 Å². The molecular formula is C24H36ClN7O. The third kappa shape index (κ3) is 6.38. The highest BCUT2D eigenvalue weighted by molar-refractivity contribution is 6.32. The molecule has 0 spiro atoms. The van der Waals surface area contributed by atoms with E-state index in [4.69, 9.17) is 32.8 Å². The van der Waals surface area contributed by atoms with Gasteiger partial charge in [0, 0.05) is 24.3 Å². The molecule has 2 saturated carbocycles. The molecule has 180 valence electrons. The Hall–Kier alpha value is -2.32. The smallest absolute Gasteiger partial charge is 0.236 e. The summed E-state index contributed by atoms with van der Waals surface area (Å²) in [5.74, 6) is 2.44. The van der Waals surface area contributed by atoms with Crippen LogP contribution in [0, 0.1) is 5.92 Å². The van der Waals surface area contributed by atoms with Gasteiger partial charge in [0.25, 0.3) is 0 Å². The van der Waals surface area contributed by atoms with Crippen molar-refractivity contribution in [2.24, 2.45) is 11.7 Å². The van der Waals surface area contributed by atoms with E-state index in [2.05, 4.69) is 20.2 Å². The first kappa shape index (κ1) is 23.8. The van der Waals surface area contributed by atoms with Crippen LogP contribution in [0.4, 0.5) is 23.5 Å². The van der Waals surface area contributed by atoms with Crippen molar-refractivity contribution in [3.8, 4) is 5.75 Å². The van der Waals surface area contributed by atoms with Gasteiger partial charge in [0.1, 0.15) is 5.75 Å². The molecule has 0 aliphatic heterocycles. The molecule has 2 aliphatic carbocycles. The van der Waals surface area contributed by atoms with Crippen LogP contribution in [0.2, 0.25) is 5.02 Å². The molecule has 0 bridgehead atoms. The fraction of sp³-hybridized carbons (Fsp3) is 0.625. The minimum absolute atomic E-state index is 0.202. The van der Waals surface area contributed by atoms with Gasteiger partial charge < -0.3 is 26.4 Å². The van der Waals surface area contributed by atoms with E-state index in [-0.39, 0.29) is 18.0 Å². The van der Waals surface area contributed by atoms with Crippen LogP contribution >= 0.6 is 11.6 Å². The van der Waals surface area contributed by atoms with Crippen LogP contribution < -0.4 is 26.4 Å². The lowest BCUT2D eigenvalue weighted by Crippen LogP contribution is -2.35. The zero-order valence-electron chi connectivity index (χ0n) is 19.5. The van der Waals surface area contributed by atoms with Gasteiger partial charge in [-0.3, -0.25) is 0 Å². The largest absolute Gasteiger partial charge is 0.495 e. The maximum Gasteiger partial charge on any atom is 0.236 e. The Kier molecular flexibility index (Phi) is 8.09. The Morgan fingerprint density at radius 2 is 1.85 bits per heavy atom. The summed E-state index contributed by atoms with van der Waals surface area (Å²) in [6.07, 6.45) is 11.7. The molecule has 2 atom stereocenters. The van der Waals surface area contributed by atoms with E-state index in [0.29, 0.717) is 28.6 Å². The average Bonchev–Trinajstić information content (AvgIpc) is 3.06. The molecular weight excluding hydrogens is 438 g/mol. The summed E-state index contributed by atoms with van der Waals surface area (Å²) in [5.41, 5.74) is 13.2. The van der Waals surface area contributed by atoms with Gasteiger partial charge in [0.2, 0.25) is 17.8 Å². The molecule has 1 aromatic heterocycles. The highest BCUT2D eigenvalue weighted by atomic mass is 35.5. The second-order valence-electron chi connectivity index (χ2n) is 9.37. The lowest BCUT2D eigenvalue weighted by atomic mass is 9.92. The molecule has 2 aromatic rings. The van der Waals surface area contributed by atoms with Crippen LogP contribution in [0.5, 0.6) is 5.75 Å². The number of nitrogens with one attached hydrogen (secondary N) is 1. The number of benzene rings is 1. The first-order valence-electron chi connectivity index (χ1n) is 12.2.